The van der Waals surface area contributed by atoms with E-state index in [4.69, 9.17) is 9.84 Å². The van der Waals surface area contributed by atoms with E-state index in [9.17, 15) is 19.5 Å². The molecule has 2 amide bonds. The predicted octanol–water partition coefficient (Wildman–Crippen LogP) is 5.34. The van der Waals surface area contributed by atoms with Crippen molar-refractivity contribution >= 4 is 33.7 Å². The number of aliphatic hydroxyl groups is 1. The molecule has 0 aromatic heterocycles. The van der Waals surface area contributed by atoms with Crippen molar-refractivity contribution in [3.63, 3.8) is 0 Å². The van der Waals surface area contributed by atoms with Gasteiger partial charge < -0.3 is 25.2 Å². The van der Waals surface area contributed by atoms with E-state index in [2.05, 4.69) is 33.1 Å². The SMILES string of the molecule is CCCCN1C(=O)[C@@H]([C@H](O)C2CCCCC2)NC(=O)C12CCN(Cc1ccc(Oc3ccc(C(=O)O)cc3)c(Br)c1)CC2. The molecule has 2 heterocycles. The van der Waals surface area contributed by atoms with Crippen molar-refractivity contribution in [3.05, 3.63) is 58.1 Å². The van der Waals surface area contributed by atoms with Gasteiger partial charge in [0.25, 0.3) is 0 Å². The zero-order chi connectivity index (χ0) is 30.6. The molecule has 3 fully saturated rings. The molecule has 0 radical (unpaired) electrons. The second kappa shape index (κ2) is 13.8. The summed E-state index contributed by atoms with van der Waals surface area (Å²) in [6.45, 7) is 4.65. The van der Waals surface area contributed by atoms with Crippen LogP contribution in [0.1, 0.15) is 80.6 Å². The molecule has 1 spiro atoms. The van der Waals surface area contributed by atoms with Crippen LogP contribution in [-0.4, -0.2) is 75.1 Å². The molecule has 2 aromatic rings. The third-order valence-corrected chi connectivity index (χ3v) is 10.0. The second-order valence-corrected chi connectivity index (χ2v) is 13.0. The number of carboxylic acids is 1. The summed E-state index contributed by atoms with van der Waals surface area (Å²) in [5.74, 6) is -0.0112. The zero-order valence-corrected chi connectivity index (χ0v) is 26.4. The van der Waals surface area contributed by atoms with E-state index in [1.54, 1.807) is 12.1 Å². The molecule has 0 bridgehead atoms. The average Bonchev–Trinajstić information content (AvgIpc) is 3.01. The number of ether oxygens (including phenoxy) is 1. The normalized spacial score (nSPS) is 21.9. The number of aliphatic hydroxyl groups excluding tert-OH is 1. The van der Waals surface area contributed by atoms with Crippen molar-refractivity contribution < 1.29 is 29.3 Å². The van der Waals surface area contributed by atoms with Crippen molar-refractivity contribution in [2.45, 2.75) is 88.9 Å². The van der Waals surface area contributed by atoms with Crippen molar-refractivity contribution in [1.82, 2.24) is 15.1 Å². The maximum Gasteiger partial charge on any atom is 0.335 e. The van der Waals surface area contributed by atoms with Crippen molar-refractivity contribution in [2.75, 3.05) is 19.6 Å². The molecule has 3 aliphatic rings. The summed E-state index contributed by atoms with van der Waals surface area (Å²) < 4.78 is 6.72. The number of aromatic carboxylic acids is 1. The monoisotopic (exact) mass is 655 g/mol. The molecule has 3 N–H and O–H groups in total. The molecule has 2 aliphatic heterocycles. The number of hydrogen-bond donors (Lipinski definition) is 3. The van der Waals surface area contributed by atoms with Gasteiger partial charge in [0, 0.05) is 26.2 Å². The molecule has 2 aromatic carbocycles. The Morgan fingerprint density at radius 3 is 2.42 bits per heavy atom. The molecule has 9 nitrogen and oxygen atoms in total. The van der Waals surface area contributed by atoms with Gasteiger partial charge in [-0.25, -0.2) is 4.79 Å². The Labute approximate surface area is 261 Å². The Hall–Kier alpha value is -2.95. The molecule has 43 heavy (non-hydrogen) atoms. The van der Waals surface area contributed by atoms with Crippen LogP contribution >= 0.6 is 15.9 Å². The van der Waals surface area contributed by atoms with E-state index >= 15 is 0 Å². The molecule has 232 valence electrons. The topological polar surface area (TPSA) is 119 Å². The molecule has 10 heteroatoms. The lowest BCUT2D eigenvalue weighted by molar-refractivity contribution is -0.166. The maximum absolute atomic E-state index is 13.8. The van der Waals surface area contributed by atoms with Crippen LogP contribution < -0.4 is 10.1 Å². The number of nitrogens with one attached hydrogen (secondary N) is 1. The fraction of sp³-hybridized carbons (Fsp3) is 0.545. The first-order valence-electron chi connectivity index (χ1n) is 15.5. The van der Waals surface area contributed by atoms with Crippen LogP contribution in [0.15, 0.2) is 46.9 Å². The molecule has 1 aliphatic carbocycles. The van der Waals surface area contributed by atoms with E-state index in [-0.39, 0.29) is 23.3 Å². The molecular formula is C33H42BrN3O6. The van der Waals surface area contributed by atoms with Crippen LogP contribution in [0, 0.1) is 5.92 Å². The third-order valence-electron chi connectivity index (χ3n) is 9.38. The van der Waals surface area contributed by atoms with E-state index in [1.807, 2.05) is 23.1 Å². The average molecular weight is 657 g/mol. The van der Waals surface area contributed by atoms with E-state index in [0.717, 1.165) is 55.0 Å². The Balaban J connectivity index is 1.22. The van der Waals surface area contributed by atoms with Gasteiger partial charge >= 0.3 is 5.97 Å². The van der Waals surface area contributed by atoms with Gasteiger partial charge in [0.1, 0.15) is 23.1 Å². The summed E-state index contributed by atoms with van der Waals surface area (Å²) in [6, 6.07) is 11.3. The summed E-state index contributed by atoms with van der Waals surface area (Å²) in [6.07, 6.45) is 7.09. The first-order chi connectivity index (χ1) is 20.7. The van der Waals surface area contributed by atoms with Gasteiger partial charge in [-0.3, -0.25) is 14.5 Å². The number of hydrogen-bond acceptors (Lipinski definition) is 6. The smallest absolute Gasteiger partial charge is 0.335 e. The van der Waals surface area contributed by atoms with Gasteiger partial charge in [0.15, 0.2) is 0 Å². The van der Waals surface area contributed by atoms with Crippen molar-refractivity contribution in [3.8, 4) is 11.5 Å². The molecule has 5 rings (SSSR count). The highest BCUT2D eigenvalue weighted by molar-refractivity contribution is 9.10. The van der Waals surface area contributed by atoms with Crippen LogP contribution in [0.25, 0.3) is 0 Å². The Morgan fingerprint density at radius 1 is 1.09 bits per heavy atom. The Bertz CT molecular complexity index is 1300. The minimum Gasteiger partial charge on any atom is -0.478 e. The predicted molar refractivity (Wildman–Crippen MR) is 166 cm³/mol. The fourth-order valence-electron chi connectivity index (χ4n) is 6.81. The maximum atomic E-state index is 13.8. The fourth-order valence-corrected chi connectivity index (χ4v) is 7.32. The van der Waals surface area contributed by atoms with Crippen LogP contribution in [0.4, 0.5) is 0 Å². The van der Waals surface area contributed by atoms with Crippen LogP contribution in [0.5, 0.6) is 11.5 Å². The van der Waals surface area contributed by atoms with Gasteiger partial charge in [-0.05, 0) is 95.9 Å². The van der Waals surface area contributed by atoms with Crippen LogP contribution in [0.2, 0.25) is 0 Å². The largest absolute Gasteiger partial charge is 0.478 e. The van der Waals surface area contributed by atoms with E-state index in [0.29, 0.717) is 50.5 Å². The molecule has 1 saturated carbocycles. The lowest BCUT2D eigenvalue weighted by Gasteiger charge is -2.52. The lowest BCUT2D eigenvalue weighted by atomic mass is 9.78. The number of piperidine rings is 1. The van der Waals surface area contributed by atoms with Crippen LogP contribution in [-0.2, 0) is 16.1 Å². The second-order valence-electron chi connectivity index (χ2n) is 12.2. The highest BCUT2D eigenvalue weighted by Gasteiger charge is 2.55. The number of carboxylic acid groups (broad SMARTS) is 1. The number of amides is 2. The number of likely N-dealkylation sites (tertiary alicyclic amines) is 1. The highest BCUT2D eigenvalue weighted by atomic mass is 79.9. The van der Waals surface area contributed by atoms with Crippen molar-refractivity contribution in [1.29, 1.82) is 0 Å². The number of carbonyl (C=O) groups is 3. The Morgan fingerprint density at radius 2 is 1.79 bits per heavy atom. The van der Waals surface area contributed by atoms with Gasteiger partial charge in [0.2, 0.25) is 11.8 Å². The third kappa shape index (κ3) is 6.91. The van der Waals surface area contributed by atoms with E-state index in [1.165, 1.54) is 12.1 Å². The van der Waals surface area contributed by atoms with Gasteiger partial charge in [0.05, 0.1) is 16.1 Å². The van der Waals surface area contributed by atoms with E-state index < -0.39 is 23.7 Å². The number of unbranched alkanes of at least 4 members (excludes halogenated alkanes) is 1. The number of benzene rings is 2. The molecule has 2 saturated heterocycles. The first kappa shape index (κ1) is 31.5. The summed E-state index contributed by atoms with van der Waals surface area (Å²) in [5.41, 5.74) is 0.407. The number of rotatable bonds is 10. The summed E-state index contributed by atoms with van der Waals surface area (Å²) in [5, 5.41) is 23.3. The Kier molecular flexibility index (Phi) is 10.1. The van der Waals surface area contributed by atoms with Crippen molar-refractivity contribution in [2.24, 2.45) is 5.92 Å². The number of carbonyl (C=O) groups excluding carboxylic acids is 2. The van der Waals surface area contributed by atoms with Gasteiger partial charge in [-0.1, -0.05) is 38.7 Å². The number of nitrogens with zero attached hydrogens (tertiary/aromatic N) is 2. The number of halogens is 1. The summed E-state index contributed by atoms with van der Waals surface area (Å²) in [4.78, 5) is 42.8. The zero-order valence-electron chi connectivity index (χ0n) is 24.8. The summed E-state index contributed by atoms with van der Waals surface area (Å²) in [7, 11) is 0. The summed E-state index contributed by atoms with van der Waals surface area (Å²) >= 11 is 3.60. The standard InChI is InChI=1S/C33H42BrN3O6/c1-2-3-17-37-30(39)28(29(38)23-7-5-4-6-8-23)35-32(42)33(37)15-18-36(19-16-33)21-22-9-14-27(26(34)20-22)43-25-12-10-24(11-13-25)31(40)41/h9-14,20,23,28-29,38H,2-8,15-19,21H2,1H3,(H,35,42)(H,40,41)/t28-,29-/m1/s1. The first-order valence-corrected chi connectivity index (χ1v) is 16.3. The number of piperazine rings is 1. The minimum absolute atomic E-state index is 0.0560. The molecule has 0 unspecified atom stereocenters. The minimum atomic E-state index is -0.984. The van der Waals surface area contributed by atoms with Gasteiger partial charge in [-0.2, -0.15) is 0 Å². The van der Waals surface area contributed by atoms with Gasteiger partial charge in [-0.15, -0.1) is 0 Å². The highest BCUT2D eigenvalue weighted by Crippen LogP contribution is 2.37. The molecule has 2 atom stereocenters. The molecular weight excluding hydrogens is 614 g/mol. The van der Waals surface area contributed by atoms with Crippen LogP contribution in [0.3, 0.4) is 0 Å². The quantitative estimate of drug-likeness (QED) is 0.316. The lowest BCUT2D eigenvalue weighted by Crippen LogP contribution is -2.75.